The Balaban J connectivity index is 1.88. The van der Waals surface area contributed by atoms with Crippen LogP contribution in [0.3, 0.4) is 0 Å². The monoisotopic (exact) mass is 225 g/mol. The summed E-state index contributed by atoms with van der Waals surface area (Å²) >= 11 is 0. The maximum Gasteiger partial charge on any atom is 0.0695 e. The first-order valence-corrected chi connectivity index (χ1v) is 6.90. The molecular weight excluding hydrogens is 198 g/mol. The third-order valence-corrected chi connectivity index (χ3v) is 4.85. The number of hydrogen-bond acceptors (Lipinski definition) is 2. The molecule has 0 unspecified atom stereocenters. The summed E-state index contributed by atoms with van der Waals surface area (Å²) in [5, 5.41) is 9.95. The van der Waals surface area contributed by atoms with E-state index < -0.39 is 0 Å². The number of aliphatic hydroxyl groups is 1. The highest BCUT2D eigenvalue weighted by Crippen LogP contribution is 2.38. The Hall–Kier alpha value is -0.0800. The van der Waals surface area contributed by atoms with Crippen LogP contribution >= 0.6 is 0 Å². The molecule has 2 atom stereocenters. The highest BCUT2D eigenvalue weighted by atomic mass is 16.3. The molecule has 2 aliphatic carbocycles. The Bertz CT molecular complexity index is 229. The number of likely N-dealkylation sites (N-methyl/N-ethyl adjacent to an activating group) is 1. The fraction of sp³-hybridized carbons (Fsp3) is 1.00. The molecule has 2 heteroatoms. The van der Waals surface area contributed by atoms with Crippen molar-refractivity contribution in [3.8, 4) is 0 Å². The highest BCUT2D eigenvalue weighted by molar-refractivity contribution is 4.90. The lowest BCUT2D eigenvalue weighted by molar-refractivity contribution is 0.0357. The van der Waals surface area contributed by atoms with Crippen molar-refractivity contribution in [3.05, 3.63) is 0 Å². The summed E-state index contributed by atoms with van der Waals surface area (Å²) in [7, 11) is 2.22. The quantitative estimate of drug-likeness (QED) is 0.781. The van der Waals surface area contributed by atoms with Gasteiger partial charge in [-0.15, -0.1) is 0 Å². The van der Waals surface area contributed by atoms with Gasteiger partial charge in [0.15, 0.2) is 0 Å². The summed E-state index contributed by atoms with van der Waals surface area (Å²) in [5.41, 5.74) is 0.547. The third-order valence-electron chi connectivity index (χ3n) is 4.85. The molecule has 0 heterocycles. The first kappa shape index (κ1) is 12.4. The second-order valence-corrected chi connectivity index (χ2v) is 6.63. The molecule has 0 radical (unpaired) electrons. The molecular formula is C14H27NO. The normalized spacial score (nSPS) is 35.8. The van der Waals surface area contributed by atoms with Gasteiger partial charge in [0.1, 0.15) is 0 Å². The first-order valence-electron chi connectivity index (χ1n) is 6.90. The van der Waals surface area contributed by atoms with E-state index >= 15 is 0 Å². The average molecular weight is 225 g/mol. The molecule has 0 bridgehead atoms. The van der Waals surface area contributed by atoms with Crippen LogP contribution < -0.4 is 0 Å². The van der Waals surface area contributed by atoms with Crippen LogP contribution in [-0.4, -0.2) is 35.2 Å². The summed E-state index contributed by atoms with van der Waals surface area (Å²) in [5.74, 6) is 0. The predicted octanol–water partition coefficient (Wildman–Crippen LogP) is 2.80. The predicted molar refractivity (Wildman–Crippen MR) is 67.4 cm³/mol. The van der Waals surface area contributed by atoms with E-state index in [1.807, 2.05) is 0 Å². The summed E-state index contributed by atoms with van der Waals surface area (Å²) in [6.07, 6.45) is 8.63. The van der Waals surface area contributed by atoms with Crippen LogP contribution in [0.2, 0.25) is 0 Å². The van der Waals surface area contributed by atoms with Crippen molar-refractivity contribution < 1.29 is 5.11 Å². The molecule has 0 amide bonds. The number of aliphatic hydroxyl groups excluding tert-OH is 1. The Morgan fingerprint density at radius 1 is 1.06 bits per heavy atom. The molecule has 94 valence electrons. The molecule has 0 aromatic rings. The number of nitrogens with zero attached hydrogens (tertiary/aromatic N) is 1. The SMILES string of the molecule is CN(C1CCC(C)(C)CC1)[C@@H]1CCC[C@H]1O. The van der Waals surface area contributed by atoms with Crippen LogP contribution in [0.5, 0.6) is 0 Å². The molecule has 1 N–H and O–H groups in total. The fourth-order valence-electron chi connectivity index (χ4n) is 3.46. The minimum absolute atomic E-state index is 0.0695. The van der Waals surface area contributed by atoms with Gasteiger partial charge in [-0.1, -0.05) is 13.8 Å². The fourth-order valence-corrected chi connectivity index (χ4v) is 3.46. The lowest BCUT2D eigenvalue weighted by Gasteiger charge is -2.41. The Kier molecular flexibility index (Phi) is 3.60. The van der Waals surface area contributed by atoms with Crippen LogP contribution in [0.25, 0.3) is 0 Å². The Morgan fingerprint density at radius 2 is 1.69 bits per heavy atom. The van der Waals surface area contributed by atoms with Gasteiger partial charge in [-0.25, -0.2) is 0 Å². The topological polar surface area (TPSA) is 23.5 Å². The second-order valence-electron chi connectivity index (χ2n) is 6.63. The molecule has 0 aromatic carbocycles. The summed E-state index contributed by atoms with van der Waals surface area (Å²) < 4.78 is 0. The summed E-state index contributed by atoms with van der Waals surface area (Å²) in [6, 6.07) is 1.15. The van der Waals surface area contributed by atoms with Gasteiger partial charge < -0.3 is 5.11 Å². The number of rotatable bonds is 2. The van der Waals surface area contributed by atoms with Crippen molar-refractivity contribution in [1.82, 2.24) is 4.90 Å². The van der Waals surface area contributed by atoms with Crippen molar-refractivity contribution >= 4 is 0 Å². The van der Waals surface area contributed by atoms with Crippen LogP contribution in [0, 0.1) is 5.41 Å². The van der Waals surface area contributed by atoms with Crippen molar-refractivity contribution in [2.75, 3.05) is 7.05 Å². The van der Waals surface area contributed by atoms with Crippen molar-refractivity contribution in [2.45, 2.75) is 77.0 Å². The number of hydrogen-bond donors (Lipinski definition) is 1. The van der Waals surface area contributed by atoms with Gasteiger partial charge in [-0.3, -0.25) is 4.90 Å². The van der Waals surface area contributed by atoms with Crippen molar-refractivity contribution in [1.29, 1.82) is 0 Å². The molecule has 0 spiro atoms. The Labute approximate surface area is 100 Å². The molecule has 0 aliphatic heterocycles. The zero-order chi connectivity index (χ0) is 11.8. The molecule has 2 fully saturated rings. The van der Waals surface area contributed by atoms with Crippen LogP contribution in [0.4, 0.5) is 0 Å². The van der Waals surface area contributed by atoms with E-state index in [-0.39, 0.29) is 6.10 Å². The lowest BCUT2D eigenvalue weighted by atomic mass is 9.75. The maximum absolute atomic E-state index is 9.95. The van der Waals surface area contributed by atoms with E-state index in [0.717, 1.165) is 6.42 Å². The van der Waals surface area contributed by atoms with Gasteiger partial charge in [-0.05, 0) is 57.4 Å². The Morgan fingerprint density at radius 3 is 2.19 bits per heavy atom. The second kappa shape index (κ2) is 4.66. The average Bonchev–Trinajstić information content (AvgIpc) is 2.63. The highest BCUT2D eigenvalue weighted by Gasteiger charge is 2.35. The minimum Gasteiger partial charge on any atom is -0.391 e. The van der Waals surface area contributed by atoms with Gasteiger partial charge in [0, 0.05) is 12.1 Å². The standard InChI is InChI=1S/C14H27NO/c1-14(2)9-7-11(8-10-14)15(3)12-5-4-6-13(12)16/h11-13,16H,4-10H2,1-3H3/t12-,13-/m1/s1. The van der Waals surface area contributed by atoms with Gasteiger partial charge in [0.2, 0.25) is 0 Å². The van der Waals surface area contributed by atoms with Crippen molar-refractivity contribution in [2.24, 2.45) is 5.41 Å². The van der Waals surface area contributed by atoms with E-state index in [1.54, 1.807) is 0 Å². The maximum atomic E-state index is 9.95. The zero-order valence-electron chi connectivity index (χ0n) is 11.1. The van der Waals surface area contributed by atoms with Crippen LogP contribution in [0.15, 0.2) is 0 Å². The van der Waals surface area contributed by atoms with Crippen LogP contribution in [-0.2, 0) is 0 Å². The summed E-state index contributed by atoms with van der Waals surface area (Å²) in [6.45, 7) is 4.77. The van der Waals surface area contributed by atoms with E-state index in [9.17, 15) is 5.11 Å². The molecule has 16 heavy (non-hydrogen) atoms. The smallest absolute Gasteiger partial charge is 0.0695 e. The van der Waals surface area contributed by atoms with Gasteiger partial charge in [0.25, 0.3) is 0 Å². The van der Waals surface area contributed by atoms with E-state index in [1.165, 1.54) is 38.5 Å². The van der Waals surface area contributed by atoms with Gasteiger partial charge in [0.05, 0.1) is 6.10 Å². The molecule has 2 rings (SSSR count). The van der Waals surface area contributed by atoms with E-state index in [2.05, 4.69) is 25.8 Å². The molecule has 0 saturated heterocycles. The lowest BCUT2D eigenvalue weighted by Crippen LogP contribution is -2.46. The van der Waals surface area contributed by atoms with E-state index in [4.69, 9.17) is 0 Å². The summed E-state index contributed by atoms with van der Waals surface area (Å²) in [4.78, 5) is 2.48. The van der Waals surface area contributed by atoms with Gasteiger partial charge >= 0.3 is 0 Å². The molecule has 2 aliphatic rings. The minimum atomic E-state index is -0.0695. The van der Waals surface area contributed by atoms with Crippen LogP contribution in [0.1, 0.15) is 58.8 Å². The zero-order valence-corrected chi connectivity index (χ0v) is 11.1. The first-order chi connectivity index (χ1) is 7.49. The molecule has 0 aromatic heterocycles. The molecule has 2 saturated carbocycles. The van der Waals surface area contributed by atoms with Crippen molar-refractivity contribution in [3.63, 3.8) is 0 Å². The van der Waals surface area contributed by atoms with Gasteiger partial charge in [-0.2, -0.15) is 0 Å². The third kappa shape index (κ3) is 2.60. The molecule has 2 nitrogen and oxygen atoms in total. The van der Waals surface area contributed by atoms with E-state index in [0.29, 0.717) is 17.5 Å². The largest absolute Gasteiger partial charge is 0.391 e.